The number of benzene rings is 1. The maximum atomic E-state index is 13.2. The van der Waals surface area contributed by atoms with Crippen molar-refractivity contribution in [2.24, 2.45) is 23.3 Å². The summed E-state index contributed by atoms with van der Waals surface area (Å²) in [5, 5.41) is 21.3. The number of hydrogen-bond acceptors (Lipinski definition) is 7. The van der Waals surface area contributed by atoms with E-state index in [4.69, 9.17) is 11.5 Å². The average Bonchev–Trinajstić information content (AvgIpc) is 3.55. The van der Waals surface area contributed by atoms with E-state index in [2.05, 4.69) is 49.0 Å². The van der Waals surface area contributed by atoms with Gasteiger partial charge in [0.05, 0.1) is 17.9 Å². The molecular formula is C30H44N8O4. The molecule has 3 aromatic rings. The van der Waals surface area contributed by atoms with Crippen molar-refractivity contribution in [1.29, 1.82) is 0 Å². The molecule has 9 N–H and O–H groups in total. The fourth-order valence-electron chi connectivity index (χ4n) is 4.20. The first-order chi connectivity index (χ1) is 20.0. The second-order valence-corrected chi connectivity index (χ2v) is 11.1. The van der Waals surface area contributed by atoms with Crippen molar-refractivity contribution in [3.05, 3.63) is 60.2 Å². The Labute approximate surface area is 246 Å². The van der Waals surface area contributed by atoms with E-state index in [9.17, 15) is 19.5 Å². The van der Waals surface area contributed by atoms with Crippen molar-refractivity contribution in [3.8, 4) is 0 Å². The van der Waals surface area contributed by atoms with Crippen molar-refractivity contribution in [2.45, 2.75) is 59.9 Å². The lowest BCUT2D eigenvalue weighted by Crippen LogP contribution is -2.27. The number of aromatic nitrogens is 2. The minimum atomic E-state index is -0.918. The molecular weight excluding hydrogens is 536 g/mol. The van der Waals surface area contributed by atoms with E-state index in [1.807, 2.05) is 9.13 Å². The molecule has 0 bridgehead atoms. The molecule has 12 heteroatoms. The fraction of sp³-hybridized carbons (Fsp3) is 0.433. The van der Waals surface area contributed by atoms with Gasteiger partial charge in [-0.05, 0) is 61.1 Å². The van der Waals surface area contributed by atoms with Crippen LogP contribution < -0.4 is 32.7 Å². The molecule has 0 spiro atoms. The predicted molar refractivity (Wildman–Crippen MR) is 166 cm³/mol. The normalized spacial score (nSPS) is 11.9. The van der Waals surface area contributed by atoms with Gasteiger partial charge in [0, 0.05) is 43.4 Å². The minimum absolute atomic E-state index is 0.0391. The zero-order chi connectivity index (χ0) is 30.8. The molecule has 1 unspecified atom stereocenters. The lowest BCUT2D eigenvalue weighted by molar-refractivity contribution is -0.114. The van der Waals surface area contributed by atoms with E-state index in [1.54, 1.807) is 48.8 Å². The first-order valence-electron chi connectivity index (χ1n) is 14.3. The van der Waals surface area contributed by atoms with Crippen LogP contribution in [0.5, 0.6) is 0 Å². The molecule has 0 fully saturated rings. The Hall–Kier alpha value is -4.13. The molecule has 228 valence electrons. The molecule has 2 heterocycles. The summed E-state index contributed by atoms with van der Waals surface area (Å²) in [6, 6.07) is 10.1. The van der Waals surface area contributed by atoms with Gasteiger partial charge in [0.15, 0.2) is 0 Å². The molecule has 0 aliphatic heterocycles. The lowest BCUT2D eigenvalue weighted by Gasteiger charge is -2.12. The maximum absolute atomic E-state index is 13.2. The van der Waals surface area contributed by atoms with E-state index >= 15 is 0 Å². The van der Waals surface area contributed by atoms with E-state index in [0.29, 0.717) is 59.1 Å². The second-order valence-electron chi connectivity index (χ2n) is 11.1. The minimum Gasteiger partial charge on any atom is -0.372 e. The Morgan fingerprint density at radius 2 is 1.19 bits per heavy atom. The van der Waals surface area contributed by atoms with Crippen LogP contribution in [0.15, 0.2) is 48.8 Å². The Morgan fingerprint density at radius 3 is 1.62 bits per heavy atom. The van der Waals surface area contributed by atoms with Gasteiger partial charge in [-0.3, -0.25) is 14.4 Å². The van der Waals surface area contributed by atoms with Gasteiger partial charge in [-0.25, -0.2) is 0 Å². The van der Waals surface area contributed by atoms with E-state index in [0.717, 1.165) is 12.8 Å². The zero-order valence-corrected chi connectivity index (χ0v) is 24.8. The molecule has 2 aromatic heterocycles. The highest BCUT2D eigenvalue weighted by molar-refractivity contribution is 6.06. The van der Waals surface area contributed by atoms with Gasteiger partial charge in [-0.2, -0.15) is 0 Å². The third-order valence-corrected chi connectivity index (χ3v) is 6.58. The van der Waals surface area contributed by atoms with E-state index < -0.39 is 6.23 Å². The van der Waals surface area contributed by atoms with Crippen LogP contribution in [0.2, 0.25) is 0 Å². The number of anilines is 4. The second kappa shape index (κ2) is 15.2. The van der Waals surface area contributed by atoms with Crippen LogP contribution >= 0.6 is 0 Å². The number of carbonyl (C=O) groups excluding carboxylic acids is 3. The van der Waals surface area contributed by atoms with Gasteiger partial charge in [-0.15, -0.1) is 0 Å². The number of rotatable bonds is 15. The lowest BCUT2D eigenvalue weighted by atomic mass is 10.1. The third-order valence-electron chi connectivity index (χ3n) is 6.58. The summed E-state index contributed by atoms with van der Waals surface area (Å²) >= 11 is 0. The Bertz CT molecular complexity index is 1340. The van der Waals surface area contributed by atoms with Crippen molar-refractivity contribution in [1.82, 2.24) is 9.13 Å². The summed E-state index contributed by atoms with van der Waals surface area (Å²) in [7, 11) is 0. The Kier molecular flexibility index (Phi) is 11.7. The molecule has 3 amide bonds. The summed E-state index contributed by atoms with van der Waals surface area (Å²) in [6.45, 7) is 9.58. The van der Waals surface area contributed by atoms with Gasteiger partial charge in [0.2, 0.25) is 5.91 Å². The molecule has 0 aliphatic carbocycles. The number of aryl methyl sites for hydroxylation is 2. The van der Waals surface area contributed by atoms with Crippen molar-refractivity contribution < 1.29 is 19.5 Å². The Morgan fingerprint density at radius 1 is 0.738 bits per heavy atom. The van der Waals surface area contributed by atoms with Crippen LogP contribution in [0.4, 0.5) is 22.7 Å². The molecule has 0 radical (unpaired) electrons. The number of nitrogens with one attached hydrogen (secondary N) is 4. The number of hydrogen-bond donors (Lipinski definition) is 7. The molecule has 12 nitrogen and oxygen atoms in total. The third kappa shape index (κ3) is 9.47. The first-order valence-corrected chi connectivity index (χ1v) is 14.3. The van der Waals surface area contributed by atoms with Crippen LogP contribution in [0.1, 0.15) is 61.5 Å². The highest BCUT2D eigenvalue weighted by Gasteiger charge is 2.18. The number of aliphatic hydroxyl groups excluding tert-OH is 1. The topological polar surface area (TPSA) is 181 Å². The largest absolute Gasteiger partial charge is 0.372 e. The summed E-state index contributed by atoms with van der Waals surface area (Å²) in [4.78, 5) is 38.1. The van der Waals surface area contributed by atoms with Crippen LogP contribution in [0, 0.1) is 11.8 Å². The number of nitrogens with zero attached hydrogens (tertiary/aromatic N) is 2. The number of carbonyl (C=O) groups is 3. The quantitative estimate of drug-likeness (QED) is 0.134. The summed E-state index contributed by atoms with van der Waals surface area (Å²) < 4.78 is 3.67. The molecule has 1 atom stereocenters. The molecule has 1 aromatic carbocycles. The Balaban J connectivity index is 1.71. The van der Waals surface area contributed by atoms with Crippen LogP contribution in [0.3, 0.4) is 0 Å². The van der Waals surface area contributed by atoms with Gasteiger partial charge >= 0.3 is 0 Å². The highest BCUT2D eigenvalue weighted by atomic mass is 16.3. The highest BCUT2D eigenvalue weighted by Crippen LogP contribution is 2.21. The van der Waals surface area contributed by atoms with Crippen molar-refractivity contribution in [2.75, 3.05) is 34.4 Å². The fourth-order valence-corrected chi connectivity index (χ4v) is 4.20. The first kappa shape index (κ1) is 32.4. The molecule has 0 aliphatic rings. The van der Waals surface area contributed by atoms with Gasteiger partial charge < -0.3 is 47.0 Å². The van der Waals surface area contributed by atoms with Crippen molar-refractivity contribution in [3.63, 3.8) is 0 Å². The smallest absolute Gasteiger partial charge is 0.272 e. The van der Waals surface area contributed by atoms with Gasteiger partial charge in [-0.1, -0.05) is 27.7 Å². The van der Waals surface area contributed by atoms with Gasteiger partial charge in [0.1, 0.15) is 17.6 Å². The molecule has 42 heavy (non-hydrogen) atoms. The SMILES string of the molecule is CC(C)CCn1cc(NC(=O)CN)cc1C(=O)Nc1ccc(NC(=O)c2cc(NC(O)CN)cn2CCC(C)C)cc1. The van der Waals surface area contributed by atoms with Crippen molar-refractivity contribution >= 4 is 40.5 Å². The van der Waals surface area contributed by atoms with E-state index in [1.165, 1.54) is 0 Å². The van der Waals surface area contributed by atoms with E-state index in [-0.39, 0.29) is 30.8 Å². The van der Waals surface area contributed by atoms with Gasteiger partial charge in [0.25, 0.3) is 11.8 Å². The summed E-state index contributed by atoms with van der Waals surface area (Å²) in [5.41, 5.74) is 14.0. The predicted octanol–water partition coefficient (Wildman–Crippen LogP) is 3.47. The van der Waals surface area contributed by atoms with Crippen LogP contribution in [-0.2, 0) is 17.9 Å². The standard InChI is InChI=1S/C30H44N8O4/c1-19(2)9-11-37-17-23(33-27(39)15-31)13-25(37)29(41)35-21-5-7-22(8-6-21)36-30(42)26-14-24(34-28(40)16-32)18-38(26)12-10-20(3)4/h5-8,13-14,17-20,27,33,39H,9-12,15-16,31-32H2,1-4H3,(H,34,40)(H,35,41)(H,36,42). The number of aliphatic hydroxyl groups is 1. The van der Waals surface area contributed by atoms with Crippen LogP contribution in [0.25, 0.3) is 0 Å². The molecule has 3 rings (SSSR count). The molecule has 0 saturated carbocycles. The summed E-state index contributed by atoms with van der Waals surface area (Å²) in [6.07, 6.45) is 4.35. The summed E-state index contributed by atoms with van der Waals surface area (Å²) in [5.74, 6) is -0.0844. The molecule has 0 saturated heterocycles. The monoisotopic (exact) mass is 580 g/mol. The zero-order valence-electron chi connectivity index (χ0n) is 24.8. The average molecular weight is 581 g/mol. The maximum Gasteiger partial charge on any atom is 0.272 e. The number of amides is 3. The van der Waals surface area contributed by atoms with Crippen LogP contribution in [-0.4, -0.2) is 51.3 Å². The number of nitrogens with two attached hydrogens (primary N) is 2.